The predicted molar refractivity (Wildman–Crippen MR) is 74.9 cm³/mol. The molecule has 1 N–H and O–H groups in total. The fourth-order valence-electron chi connectivity index (χ4n) is 2.97. The zero-order valence-electron chi connectivity index (χ0n) is 11.4. The molecule has 0 atom stereocenters. The molecule has 0 amide bonds. The third-order valence-electron chi connectivity index (χ3n) is 3.88. The first-order valence-electron chi connectivity index (χ1n) is 6.83. The molecule has 1 aromatic carbocycles. The van der Waals surface area contributed by atoms with Gasteiger partial charge in [-0.2, -0.15) is 4.80 Å². The standard InChI is InChI=1S/C14H16N6/c1-19-17-14(16-18-19)9-20-7-6-11-10-4-2-3-5-12(10)15-13(11)8-20/h2-5,15H,6-9H2,1H3. The van der Waals surface area contributed by atoms with E-state index in [0.29, 0.717) is 0 Å². The van der Waals surface area contributed by atoms with Gasteiger partial charge in [0.15, 0.2) is 5.82 Å². The molecular formula is C14H16N6. The van der Waals surface area contributed by atoms with Crippen LogP contribution in [0.1, 0.15) is 17.1 Å². The van der Waals surface area contributed by atoms with Crippen molar-refractivity contribution in [2.45, 2.75) is 19.5 Å². The zero-order valence-corrected chi connectivity index (χ0v) is 11.4. The summed E-state index contributed by atoms with van der Waals surface area (Å²) < 4.78 is 0. The first-order valence-corrected chi connectivity index (χ1v) is 6.83. The Labute approximate surface area is 116 Å². The van der Waals surface area contributed by atoms with Crippen molar-refractivity contribution in [3.8, 4) is 0 Å². The van der Waals surface area contributed by atoms with Crippen molar-refractivity contribution in [3.05, 3.63) is 41.3 Å². The number of hydrogen-bond acceptors (Lipinski definition) is 4. The third kappa shape index (κ3) is 1.89. The zero-order chi connectivity index (χ0) is 13.5. The van der Waals surface area contributed by atoms with Crippen molar-refractivity contribution in [3.63, 3.8) is 0 Å². The lowest BCUT2D eigenvalue weighted by molar-refractivity contribution is 0.237. The van der Waals surface area contributed by atoms with Crippen molar-refractivity contribution in [1.29, 1.82) is 0 Å². The number of aryl methyl sites for hydroxylation is 1. The van der Waals surface area contributed by atoms with Gasteiger partial charge in [0.2, 0.25) is 0 Å². The van der Waals surface area contributed by atoms with Crippen molar-refractivity contribution in [2.75, 3.05) is 6.54 Å². The van der Waals surface area contributed by atoms with E-state index in [2.05, 4.69) is 49.6 Å². The van der Waals surface area contributed by atoms with Gasteiger partial charge in [-0.1, -0.05) is 18.2 Å². The molecule has 4 rings (SSSR count). The van der Waals surface area contributed by atoms with Crippen LogP contribution in [-0.4, -0.2) is 36.6 Å². The Morgan fingerprint density at radius 3 is 3.05 bits per heavy atom. The van der Waals surface area contributed by atoms with Crippen molar-refractivity contribution < 1.29 is 0 Å². The van der Waals surface area contributed by atoms with Crippen LogP contribution in [0.2, 0.25) is 0 Å². The first kappa shape index (κ1) is 11.6. The average Bonchev–Trinajstić information content (AvgIpc) is 3.01. The summed E-state index contributed by atoms with van der Waals surface area (Å²) in [7, 11) is 1.79. The fourth-order valence-corrected chi connectivity index (χ4v) is 2.97. The Morgan fingerprint density at radius 2 is 2.20 bits per heavy atom. The van der Waals surface area contributed by atoms with Crippen LogP contribution in [0.15, 0.2) is 24.3 Å². The molecule has 102 valence electrons. The second-order valence-corrected chi connectivity index (χ2v) is 5.28. The Bertz CT molecular complexity index is 756. The largest absolute Gasteiger partial charge is 0.357 e. The summed E-state index contributed by atoms with van der Waals surface area (Å²) in [5.41, 5.74) is 4.02. The predicted octanol–water partition coefficient (Wildman–Crippen LogP) is 1.25. The Kier molecular flexibility index (Phi) is 2.56. The molecule has 20 heavy (non-hydrogen) atoms. The van der Waals surface area contributed by atoms with E-state index in [1.165, 1.54) is 27.0 Å². The minimum absolute atomic E-state index is 0.753. The molecule has 0 unspecified atom stereocenters. The van der Waals surface area contributed by atoms with Gasteiger partial charge in [0.05, 0.1) is 13.6 Å². The number of fused-ring (bicyclic) bond motifs is 3. The molecule has 0 bridgehead atoms. The number of rotatable bonds is 2. The summed E-state index contributed by atoms with van der Waals surface area (Å²) >= 11 is 0. The van der Waals surface area contributed by atoms with Crippen LogP contribution < -0.4 is 0 Å². The van der Waals surface area contributed by atoms with Gasteiger partial charge in [-0.25, -0.2) is 0 Å². The number of tetrazole rings is 1. The van der Waals surface area contributed by atoms with Crippen molar-refractivity contribution in [2.24, 2.45) is 7.05 Å². The monoisotopic (exact) mass is 268 g/mol. The van der Waals surface area contributed by atoms with E-state index in [4.69, 9.17) is 0 Å². The number of benzene rings is 1. The molecule has 1 aliphatic rings. The van der Waals surface area contributed by atoms with E-state index in [-0.39, 0.29) is 0 Å². The molecule has 3 heterocycles. The molecule has 2 aromatic heterocycles. The topological polar surface area (TPSA) is 62.6 Å². The summed E-state index contributed by atoms with van der Waals surface area (Å²) in [6.45, 7) is 2.71. The van der Waals surface area contributed by atoms with E-state index >= 15 is 0 Å². The first-order chi connectivity index (χ1) is 9.79. The van der Waals surface area contributed by atoms with Crippen molar-refractivity contribution in [1.82, 2.24) is 30.1 Å². The molecule has 1 aliphatic heterocycles. The highest BCUT2D eigenvalue weighted by Gasteiger charge is 2.21. The number of H-pyrrole nitrogens is 1. The molecule has 0 spiro atoms. The van der Waals surface area contributed by atoms with Gasteiger partial charge in [-0.05, 0) is 23.3 Å². The molecule has 3 aromatic rings. The smallest absolute Gasteiger partial charge is 0.188 e. The Morgan fingerprint density at radius 1 is 1.30 bits per heavy atom. The minimum Gasteiger partial charge on any atom is -0.357 e. The summed E-state index contributed by atoms with van der Waals surface area (Å²) in [4.78, 5) is 7.40. The van der Waals surface area contributed by atoms with Gasteiger partial charge >= 0.3 is 0 Å². The maximum Gasteiger partial charge on any atom is 0.188 e. The number of aromatic amines is 1. The number of para-hydroxylation sites is 1. The fraction of sp³-hybridized carbons (Fsp3) is 0.357. The van der Waals surface area contributed by atoms with Crippen LogP contribution in [0.25, 0.3) is 10.9 Å². The Balaban J connectivity index is 1.60. The van der Waals surface area contributed by atoms with Crippen LogP contribution in [0.3, 0.4) is 0 Å². The molecule has 6 heteroatoms. The highest BCUT2D eigenvalue weighted by molar-refractivity contribution is 5.84. The summed E-state index contributed by atoms with van der Waals surface area (Å²) in [5, 5.41) is 13.5. The second kappa shape index (κ2) is 4.42. The molecular weight excluding hydrogens is 252 g/mol. The highest BCUT2D eigenvalue weighted by Crippen LogP contribution is 2.27. The highest BCUT2D eigenvalue weighted by atomic mass is 15.6. The van der Waals surface area contributed by atoms with Crippen molar-refractivity contribution >= 4 is 10.9 Å². The van der Waals surface area contributed by atoms with Gasteiger partial charge in [-0.15, -0.1) is 10.2 Å². The summed E-state index contributed by atoms with van der Waals surface area (Å²) in [6, 6.07) is 8.52. The second-order valence-electron chi connectivity index (χ2n) is 5.28. The molecule has 0 aliphatic carbocycles. The number of nitrogens with one attached hydrogen (secondary N) is 1. The van der Waals surface area contributed by atoms with Gasteiger partial charge in [0, 0.05) is 29.7 Å². The lowest BCUT2D eigenvalue weighted by Gasteiger charge is -2.25. The van der Waals surface area contributed by atoms with Gasteiger partial charge in [0.25, 0.3) is 0 Å². The molecule has 0 saturated heterocycles. The number of aromatic nitrogens is 5. The quantitative estimate of drug-likeness (QED) is 0.760. The van der Waals surface area contributed by atoms with E-state index < -0.39 is 0 Å². The Hall–Kier alpha value is -2.21. The normalized spacial score (nSPS) is 15.7. The van der Waals surface area contributed by atoms with Gasteiger partial charge in [0.1, 0.15) is 0 Å². The lowest BCUT2D eigenvalue weighted by Crippen LogP contribution is -2.30. The van der Waals surface area contributed by atoms with Gasteiger partial charge < -0.3 is 4.98 Å². The van der Waals surface area contributed by atoms with E-state index in [0.717, 1.165) is 31.9 Å². The van der Waals surface area contributed by atoms with Crippen LogP contribution in [0.4, 0.5) is 0 Å². The number of hydrogen-bond donors (Lipinski definition) is 1. The minimum atomic E-state index is 0.753. The third-order valence-corrected chi connectivity index (χ3v) is 3.88. The summed E-state index contributed by atoms with van der Waals surface area (Å²) in [5.74, 6) is 0.784. The number of nitrogens with zero attached hydrogens (tertiary/aromatic N) is 5. The van der Waals surface area contributed by atoms with Crippen LogP contribution in [0, 0.1) is 0 Å². The van der Waals surface area contributed by atoms with E-state index in [1.54, 1.807) is 7.05 Å². The van der Waals surface area contributed by atoms with Crippen LogP contribution in [0.5, 0.6) is 0 Å². The SMILES string of the molecule is Cn1nnc(CN2CCc3c([nH]c4ccccc34)C2)n1. The lowest BCUT2D eigenvalue weighted by atomic mass is 10.0. The average molecular weight is 268 g/mol. The molecule has 0 radical (unpaired) electrons. The molecule has 0 fully saturated rings. The summed E-state index contributed by atoms with van der Waals surface area (Å²) in [6.07, 6.45) is 1.07. The maximum absolute atomic E-state index is 4.25. The van der Waals surface area contributed by atoms with Crippen LogP contribution >= 0.6 is 0 Å². The van der Waals surface area contributed by atoms with E-state index in [9.17, 15) is 0 Å². The molecule has 0 saturated carbocycles. The van der Waals surface area contributed by atoms with Crippen LogP contribution in [-0.2, 0) is 26.6 Å². The molecule has 6 nitrogen and oxygen atoms in total. The maximum atomic E-state index is 4.25. The van der Waals surface area contributed by atoms with E-state index in [1.807, 2.05) is 0 Å². The van der Waals surface area contributed by atoms with Gasteiger partial charge in [-0.3, -0.25) is 4.90 Å².